The van der Waals surface area contributed by atoms with E-state index in [1.807, 2.05) is 0 Å². The number of carbonyl (C=O) groups is 4. The van der Waals surface area contributed by atoms with E-state index in [0.717, 1.165) is 4.90 Å². The SMILES string of the molecule is NC(C(=O)NNC(=O)[C@@H]1CC[C@@H]2CN1C(=O)N2OS(=O)(=O)O)c1ccccc1.O=C(O)C(F)(F)F. The zero-order chi connectivity index (χ0) is 26.6. The van der Waals surface area contributed by atoms with Gasteiger partial charge in [0.1, 0.15) is 12.1 Å². The Bertz CT molecular complexity index is 1070. The third-order valence-electron chi connectivity index (χ3n) is 4.79. The molecule has 2 aliphatic heterocycles. The van der Waals surface area contributed by atoms with Crippen molar-refractivity contribution in [3.05, 3.63) is 35.9 Å². The number of alkyl halides is 3. The Hall–Kier alpha value is -3.48. The molecule has 2 saturated heterocycles. The predicted molar refractivity (Wildman–Crippen MR) is 107 cm³/mol. The molecular weight excluding hydrogens is 507 g/mol. The maximum absolute atomic E-state index is 12.4. The van der Waals surface area contributed by atoms with Gasteiger partial charge >= 0.3 is 28.6 Å². The summed E-state index contributed by atoms with van der Waals surface area (Å²) in [6, 6.07) is 5.13. The van der Waals surface area contributed by atoms with Gasteiger partial charge in [-0.05, 0) is 18.4 Å². The fourth-order valence-corrected chi connectivity index (χ4v) is 3.59. The fourth-order valence-electron chi connectivity index (χ4n) is 3.20. The van der Waals surface area contributed by atoms with Gasteiger partial charge in [-0.2, -0.15) is 26.7 Å². The summed E-state index contributed by atoms with van der Waals surface area (Å²) in [6.07, 6.45) is -4.60. The molecule has 0 saturated carbocycles. The Morgan fingerprint density at radius 3 is 2.23 bits per heavy atom. The first kappa shape index (κ1) is 27.8. The number of hydrogen-bond acceptors (Lipinski definition) is 8. The van der Waals surface area contributed by atoms with Crippen LogP contribution in [-0.2, 0) is 29.1 Å². The van der Waals surface area contributed by atoms with E-state index in [4.69, 9.17) is 20.2 Å². The van der Waals surface area contributed by atoms with Crippen molar-refractivity contribution in [1.29, 1.82) is 0 Å². The topological polar surface area (TPSA) is 209 Å². The zero-order valence-corrected chi connectivity index (χ0v) is 18.3. The molecule has 1 aromatic rings. The summed E-state index contributed by atoms with van der Waals surface area (Å²) in [4.78, 5) is 46.8. The second-order valence-electron chi connectivity index (χ2n) is 7.18. The third-order valence-corrected chi connectivity index (χ3v) is 5.14. The van der Waals surface area contributed by atoms with Crippen molar-refractivity contribution in [3.8, 4) is 0 Å². The van der Waals surface area contributed by atoms with Crippen LogP contribution in [0, 0.1) is 0 Å². The van der Waals surface area contributed by atoms with E-state index in [1.165, 1.54) is 0 Å². The highest BCUT2D eigenvalue weighted by molar-refractivity contribution is 7.80. The van der Waals surface area contributed by atoms with Crippen molar-refractivity contribution in [2.24, 2.45) is 5.73 Å². The number of nitrogens with zero attached hydrogens (tertiary/aromatic N) is 2. The smallest absolute Gasteiger partial charge is 0.475 e. The van der Waals surface area contributed by atoms with Crippen molar-refractivity contribution in [2.75, 3.05) is 6.54 Å². The van der Waals surface area contributed by atoms with Gasteiger partial charge in [-0.15, -0.1) is 4.28 Å². The number of nitrogens with one attached hydrogen (secondary N) is 2. The molecule has 1 aromatic carbocycles. The number of benzene rings is 1. The van der Waals surface area contributed by atoms with E-state index >= 15 is 0 Å². The molecular formula is C17H20F3N5O9S. The number of piperidine rings is 1. The molecule has 3 rings (SSSR count). The molecule has 194 valence electrons. The van der Waals surface area contributed by atoms with Gasteiger partial charge in [-0.1, -0.05) is 30.3 Å². The number of fused-ring (bicyclic) bond motifs is 2. The number of hydrogen-bond donors (Lipinski definition) is 5. The third kappa shape index (κ3) is 7.50. The lowest BCUT2D eigenvalue weighted by atomic mass is 10.0. The molecule has 0 aliphatic carbocycles. The first-order valence-electron chi connectivity index (χ1n) is 9.59. The van der Waals surface area contributed by atoms with E-state index < -0.39 is 58.5 Å². The lowest BCUT2D eigenvalue weighted by Crippen LogP contribution is -2.55. The number of halogens is 3. The minimum Gasteiger partial charge on any atom is -0.475 e. The number of carboxylic acids is 1. The first-order valence-corrected chi connectivity index (χ1v) is 11.0. The van der Waals surface area contributed by atoms with Gasteiger partial charge in [0, 0.05) is 6.54 Å². The second-order valence-corrected chi connectivity index (χ2v) is 8.18. The minimum atomic E-state index is -5.08. The van der Waals surface area contributed by atoms with Gasteiger partial charge in [0.15, 0.2) is 0 Å². The van der Waals surface area contributed by atoms with Crippen molar-refractivity contribution < 1.29 is 54.7 Å². The number of amides is 4. The first-order chi connectivity index (χ1) is 16.1. The summed E-state index contributed by atoms with van der Waals surface area (Å²) in [7, 11) is -4.87. The van der Waals surface area contributed by atoms with Crippen molar-refractivity contribution in [3.63, 3.8) is 0 Å². The largest absolute Gasteiger partial charge is 0.490 e. The number of urea groups is 1. The summed E-state index contributed by atoms with van der Waals surface area (Å²) in [5, 5.41) is 7.66. The molecule has 2 heterocycles. The average Bonchev–Trinajstić information content (AvgIpc) is 3.00. The maximum atomic E-state index is 12.4. The molecule has 3 atom stereocenters. The summed E-state index contributed by atoms with van der Waals surface area (Å²) in [5.74, 6) is -4.06. The molecule has 14 nitrogen and oxygen atoms in total. The van der Waals surface area contributed by atoms with Crippen molar-refractivity contribution >= 4 is 34.2 Å². The Balaban J connectivity index is 0.000000540. The van der Waals surface area contributed by atoms with Crippen molar-refractivity contribution in [1.82, 2.24) is 20.8 Å². The van der Waals surface area contributed by atoms with Crippen LogP contribution in [0.25, 0.3) is 0 Å². The molecule has 2 aliphatic rings. The van der Waals surface area contributed by atoms with E-state index in [9.17, 15) is 36.0 Å². The zero-order valence-electron chi connectivity index (χ0n) is 17.5. The normalized spacial score (nSPS) is 20.4. The number of nitrogens with two attached hydrogens (primary N) is 1. The van der Waals surface area contributed by atoms with Crippen LogP contribution in [0.2, 0.25) is 0 Å². The Morgan fingerprint density at radius 2 is 1.71 bits per heavy atom. The predicted octanol–water partition coefficient (Wildman–Crippen LogP) is -0.530. The Kier molecular flexibility index (Phi) is 8.60. The molecule has 1 unspecified atom stereocenters. The molecule has 35 heavy (non-hydrogen) atoms. The summed E-state index contributed by atoms with van der Waals surface area (Å²) < 4.78 is 66.6. The van der Waals surface area contributed by atoms with Crippen LogP contribution in [0.15, 0.2) is 30.3 Å². The molecule has 4 amide bonds. The highest BCUT2D eigenvalue weighted by atomic mass is 32.3. The molecule has 2 bridgehead atoms. The van der Waals surface area contributed by atoms with Gasteiger partial charge in [-0.25, -0.2) is 9.59 Å². The van der Waals surface area contributed by atoms with E-state index in [-0.39, 0.29) is 19.4 Å². The number of rotatable bonds is 5. The van der Waals surface area contributed by atoms with Crippen LogP contribution >= 0.6 is 0 Å². The van der Waals surface area contributed by atoms with Gasteiger partial charge < -0.3 is 15.7 Å². The highest BCUT2D eigenvalue weighted by Crippen LogP contribution is 2.30. The highest BCUT2D eigenvalue weighted by Gasteiger charge is 2.49. The van der Waals surface area contributed by atoms with Crippen LogP contribution in [0.3, 0.4) is 0 Å². The van der Waals surface area contributed by atoms with Crippen LogP contribution < -0.4 is 16.6 Å². The minimum absolute atomic E-state index is 0.0456. The molecule has 2 fully saturated rings. The lowest BCUT2D eigenvalue weighted by molar-refractivity contribution is -0.192. The maximum Gasteiger partial charge on any atom is 0.490 e. The molecule has 18 heteroatoms. The fraction of sp³-hybridized carbons (Fsp3) is 0.412. The van der Waals surface area contributed by atoms with Crippen LogP contribution in [-0.4, -0.2) is 76.7 Å². The number of carbonyl (C=O) groups excluding carboxylic acids is 3. The average molecular weight is 527 g/mol. The summed E-state index contributed by atoms with van der Waals surface area (Å²) in [6.45, 7) is 0.0456. The van der Waals surface area contributed by atoms with E-state index in [1.54, 1.807) is 30.3 Å². The van der Waals surface area contributed by atoms with E-state index in [2.05, 4.69) is 15.1 Å². The summed E-state index contributed by atoms with van der Waals surface area (Å²) in [5.41, 5.74) is 10.8. The number of hydrazine groups is 1. The van der Waals surface area contributed by atoms with Gasteiger partial charge in [-0.3, -0.25) is 25.0 Å². The standard InChI is InChI=1S/C15H19N5O7S.C2HF3O2/c16-12(9-4-2-1-3-5-9)14(22)18-17-13(21)11-7-6-10-8-19(11)15(23)20(10)27-28(24,25)26;3-2(4,5)1(6)7/h1-5,10-12H,6-8,16H2,(H,17,21)(H,18,22)(H,24,25,26);(H,6,7)/t10-,11+,12?;/m1./s1. The molecule has 6 N–H and O–H groups in total. The lowest BCUT2D eigenvalue weighted by Gasteiger charge is -2.29. The quantitative estimate of drug-likeness (QED) is 0.244. The van der Waals surface area contributed by atoms with Crippen LogP contribution in [0.1, 0.15) is 24.4 Å². The van der Waals surface area contributed by atoms with Crippen LogP contribution in [0.5, 0.6) is 0 Å². The van der Waals surface area contributed by atoms with E-state index in [0.29, 0.717) is 10.6 Å². The van der Waals surface area contributed by atoms with Gasteiger partial charge in [0.25, 0.3) is 11.8 Å². The van der Waals surface area contributed by atoms with Crippen molar-refractivity contribution in [2.45, 2.75) is 37.1 Å². The number of hydroxylamine groups is 2. The van der Waals surface area contributed by atoms with Crippen LogP contribution in [0.4, 0.5) is 18.0 Å². The Labute approximate surface area is 195 Å². The Morgan fingerprint density at radius 1 is 1.14 bits per heavy atom. The monoisotopic (exact) mass is 527 g/mol. The van der Waals surface area contributed by atoms with Gasteiger partial charge in [0.2, 0.25) is 0 Å². The van der Waals surface area contributed by atoms with Gasteiger partial charge in [0.05, 0.1) is 6.04 Å². The molecule has 0 aromatic heterocycles. The molecule has 0 radical (unpaired) electrons. The second kappa shape index (κ2) is 10.8. The number of aliphatic carboxylic acids is 1. The number of carboxylic acid groups (broad SMARTS) is 1. The molecule has 0 spiro atoms. The summed E-state index contributed by atoms with van der Waals surface area (Å²) >= 11 is 0.